The molecule has 0 saturated heterocycles. The molecule has 1 aliphatic heterocycles. The van der Waals surface area contributed by atoms with Crippen molar-refractivity contribution in [1.29, 1.82) is 0 Å². The van der Waals surface area contributed by atoms with Crippen LogP contribution >= 0.6 is 0 Å². The third-order valence-electron chi connectivity index (χ3n) is 4.54. The fourth-order valence-corrected chi connectivity index (χ4v) is 3.14. The summed E-state index contributed by atoms with van der Waals surface area (Å²) < 4.78 is 11.2. The maximum atomic E-state index is 5.63. The summed E-state index contributed by atoms with van der Waals surface area (Å²) in [6.07, 6.45) is 1.59. The van der Waals surface area contributed by atoms with Gasteiger partial charge in [-0.3, -0.25) is 0 Å². The van der Waals surface area contributed by atoms with Gasteiger partial charge in [-0.1, -0.05) is 32.0 Å². The number of rotatable bonds is 5. The van der Waals surface area contributed by atoms with Crippen LogP contribution in [-0.4, -0.2) is 28.4 Å². The molecule has 0 aliphatic carbocycles. The van der Waals surface area contributed by atoms with Gasteiger partial charge in [0.1, 0.15) is 13.2 Å². The molecule has 0 saturated carbocycles. The van der Waals surface area contributed by atoms with Crippen molar-refractivity contribution in [3.63, 3.8) is 0 Å². The number of hydrogen-bond donors (Lipinski definition) is 2. The molecule has 144 valence electrons. The average molecular weight is 377 g/mol. The molecule has 0 spiro atoms. The predicted molar refractivity (Wildman–Crippen MR) is 109 cm³/mol. The topological polar surface area (TPSA) is 81.2 Å². The van der Waals surface area contributed by atoms with Crippen LogP contribution < -0.4 is 20.1 Å². The molecular weight excluding hydrogens is 354 g/mol. The minimum atomic E-state index is 0.384. The van der Waals surface area contributed by atoms with E-state index in [-0.39, 0.29) is 0 Å². The minimum absolute atomic E-state index is 0.384. The molecule has 28 heavy (non-hydrogen) atoms. The molecule has 1 aromatic heterocycles. The van der Waals surface area contributed by atoms with Gasteiger partial charge in [0.15, 0.2) is 17.3 Å². The second-order valence-electron chi connectivity index (χ2n) is 6.97. The number of nitrogens with zero attached hydrogens (tertiary/aromatic N) is 3. The molecule has 4 rings (SSSR count). The largest absolute Gasteiger partial charge is 0.486 e. The van der Waals surface area contributed by atoms with Gasteiger partial charge in [-0.05, 0) is 36.1 Å². The summed E-state index contributed by atoms with van der Waals surface area (Å²) in [6.45, 7) is 7.52. The molecule has 7 nitrogen and oxygen atoms in total. The zero-order chi connectivity index (χ0) is 19.5. The lowest BCUT2D eigenvalue weighted by Gasteiger charge is -2.19. The van der Waals surface area contributed by atoms with E-state index < -0.39 is 0 Å². The van der Waals surface area contributed by atoms with Crippen molar-refractivity contribution in [1.82, 2.24) is 15.2 Å². The molecule has 0 bridgehead atoms. The molecule has 0 fully saturated rings. The van der Waals surface area contributed by atoms with E-state index in [9.17, 15) is 0 Å². The van der Waals surface area contributed by atoms with Crippen LogP contribution in [0.25, 0.3) is 0 Å². The number of para-hydroxylation sites is 1. The van der Waals surface area contributed by atoms with Gasteiger partial charge in [-0.2, -0.15) is 10.1 Å². The lowest BCUT2D eigenvalue weighted by molar-refractivity contribution is 0.171. The van der Waals surface area contributed by atoms with Crippen molar-refractivity contribution in [3.8, 4) is 11.5 Å². The maximum Gasteiger partial charge on any atom is 0.249 e. The van der Waals surface area contributed by atoms with Crippen LogP contribution in [0.4, 0.5) is 23.1 Å². The summed E-state index contributed by atoms with van der Waals surface area (Å²) in [5, 5.41) is 14.8. The SMILES string of the molecule is Cc1cccc(C(C)C)c1Nc1nncc(Nc2ccc3c(c2)OCCO3)n1. The molecule has 0 radical (unpaired) electrons. The van der Waals surface area contributed by atoms with Crippen LogP contribution in [0.1, 0.15) is 30.9 Å². The minimum Gasteiger partial charge on any atom is -0.486 e. The number of ether oxygens (including phenoxy) is 2. The van der Waals surface area contributed by atoms with E-state index in [1.807, 2.05) is 18.2 Å². The monoisotopic (exact) mass is 377 g/mol. The third-order valence-corrected chi connectivity index (χ3v) is 4.54. The Balaban J connectivity index is 1.56. The van der Waals surface area contributed by atoms with E-state index in [0.29, 0.717) is 30.9 Å². The van der Waals surface area contributed by atoms with Gasteiger partial charge < -0.3 is 20.1 Å². The highest BCUT2D eigenvalue weighted by Gasteiger charge is 2.13. The molecule has 7 heteroatoms. The third kappa shape index (κ3) is 3.83. The van der Waals surface area contributed by atoms with E-state index >= 15 is 0 Å². The Kier molecular flexibility index (Phi) is 4.97. The summed E-state index contributed by atoms with van der Waals surface area (Å²) in [7, 11) is 0. The zero-order valence-corrected chi connectivity index (χ0v) is 16.2. The highest BCUT2D eigenvalue weighted by Crippen LogP contribution is 2.33. The van der Waals surface area contributed by atoms with Crippen molar-refractivity contribution in [2.75, 3.05) is 23.8 Å². The average Bonchev–Trinajstić information content (AvgIpc) is 2.69. The number of fused-ring (bicyclic) bond motifs is 1. The lowest BCUT2D eigenvalue weighted by atomic mass is 9.98. The first-order valence-electron chi connectivity index (χ1n) is 9.33. The number of anilines is 4. The standard InChI is InChI=1S/C21H23N5O2/c1-13(2)16-6-4-5-14(3)20(16)25-21-24-19(12-22-26-21)23-15-7-8-17-18(11-15)28-10-9-27-17/h4-8,11-13H,9-10H2,1-3H3,(H2,23,24,25,26). The van der Waals surface area contributed by atoms with Gasteiger partial charge in [-0.25, -0.2) is 0 Å². The summed E-state index contributed by atoms with van der Waals surface area (Å²) in [5.41, 5.74) is 4.22. The van der Waals surface area contributed by atoms with Crippen LogP contribution in [0.5, 0.6) is 11.5 Å². The van der Waals surface area contributed by atoms with Gasteiger partial charge in [0.05, 0.1) is 6.20 Å². The van der Waals surface area contributed by atoms with Gasteiger partial charge in [0.25, 0.3) is 0 Å². The highest BCUT2D eigenvalue weighted by molar-refractivity contribution is 5.66. The van der Waals surface area contributed by atoms with Gasteiger partial charge in [0, 0.05) is 17.4 Å². The highest BCUT2D eigenvalue weighted by atomic mass is 16.6. The first kappa shape index (κ1) is 18.0. The summed E-state index contributed by atoms with van der Waals surface area (Å²) in [5.74, 6) is 2.89. The van der Waals surface area contributed by atoms with Crippen molar-refractivity contribution in [2.24, 2.45) is 0 Å². The Morgan fingerprint density at radius 1 is 1.00 bits per heavy atom. The second-order valence-corrected chi connectivity index (χ2v) is 6.97. The molecule has 1 aliphatic rings. The molecular formula is C21H23N5O2. The molecule has 0 atom stereocenters. The summed E-state index contributed by atoms with van der Waals surface area (Å²) >= 11 is 0. The van der Waals surface area contributed by atoms with Crippen LogP contribution in [0.3, 0.4) is 0 Å². The Morgan fingerprint density at radius 2 is 1.82 bits per heavy atom. The van der Waals surface area contributed by atoms with E-state index in [2.05, 4.69) is 64.8 Å². The van der Waals surface area contributed by atoms with Crippen LogP contribution in [0.15, 0.2) is 42.6 Å². The van der Waals surface area contributed by atoms with Crippen molar-refractivity contribution in [3.05, 3.63) is 53.7 Å². The zero-order valence-electron chi connectivity index (χ0n) is 16.2. The molecule has 2 aromatic carbocycles. The summed E-state index contributed by atoms with van der Waals surface area (Å²) in [6, 6.07) is 11.9. The Hall–Kier alpha value is -3.35. The molecule has 3 aromatic rings. The van der Waals surface area contributed by atoms with Crippen molar-refractivity contribution in [2.45, 2.75) is 26.7 Å². The number of aryl methyl sites for hydroxylation is 1. The van der Waals surface area contributed by atoms with Gasteiger partial charge >= 0.3 is 0 Å². The Bertz CT molecular complexity index is 990. The Labute approximate surface area is 164 Å². The van der Waals surface area contributed by atoms with Crippen molar-refractivity contribution < 1.29 is 9.47 Å². The van der Waals surface area contributed by atoms with E-state index in [1.165, 1.54) is 5.56 Å². The molecule has 2 heterocycles. The summed E-state index contributed by atoms with van der Waals surface area (Å²) in [4.78, 5) is 4.55. The van der Waals surface area contributed by atoms with E-state index in [0.717, 1.165) is 28.4 Å². The normalized spacial score (nSPS) is 12.7. The first-order valence-corrected chi connectivity index (χ1v) is 9.33. The molecule has 2 N–H and O–H groups in total. The maximum absolute atomic E-state index is 5.63. The first-order chi connectivity index (χ1) is 13.6. The van der Waals surface area contributed by atoms with E-state index in [4.69, 9.17) is 9.47 Å². The fourth-order valence-electron chi connectivity index (χ4n) is 3.14. The van der Waals surface area contributed by atoms with Crippen molar-refractivity contribution >= 4 is 23.1 Å². The molecule has 0 amide bonds. The van der Waals surface area contributed by atoms with Gasteiger partial charge in [0.2, 0.25) is 5.95 Å². The molecule has 0 unspecified atom stereocenters. The number of aromatic nitrogens is 3. The van der Waals surface area contributed by atoms with Crippen LogP contribution in [0, 0.1) is 6.92 Å². The van der Waals surface area contributed by atoms with Crippen LogP contribution in [-0.2, 0) is 0 Å². The smallest absolute Gasteiger partial charge is 0.249 e. The lowest BCUT2D eigenvalue weighted by Crippen LogP contribution is -2.15. The fraction of sp³-hybridized carbons (Fsp3) is 0.286. The van der Waals surface area contributed by atoms with E-state index in [1.54, 1.807) is 6.20 Å². The van der Waals surface area contributed by atoms with Gasteiger partial charge in [-0.15, -0.1) is 5.10 Å². The quantitative estimate of drug-likeness (QED) is 0.674. The Morgan fingerprint density at radius 3 is 2.64 bits per heavy atom. The number of benzene rings is 2. The van der Waals surface area contributed by atoms with Crippen LogP contribution in [0.2, 0.25) is 0 Å². The second kappa shape index (κ2) is 7.72. The number of nitrogens with one attached hydrogen (secondary N) is 2. The predicted octanol–water partition coefficient (Wildman–Crippen LogP) is 4.56. The number of hydrogen-bond acceptors (Lipinski definition) is 7.